The van der Waals surface area contributed by atoms with Crippen LogP contribution in [0, 0.1) is 5.41 Å². The lowest BCUT2D eigenvalue weighted by Crippen LogP contribution is -2.12. The Morgan fingerprint density at radius 2 is 2.08 bits per heavy atom. The highest BCUT2D eigenvalue weighted by molar-refractivity contribution is 9.10. The number of halogens is 1. The molecule has 0 bridgehead atoms. The van der Waals surface area contributed by atoms with E-state index in [4.69, 9.17) is 4.42 Å². The molecule has 1 aromatic heterocycles. The van der Waals surface area contributed by atoms with Crippen molar-refractivity contribution in [3.8, 4) is 0 Å². The van der Waals surface area contributed by atoms with Crippen molar-refractivity contribution in [2.45, 2.75) is 27.2 Å². The molecule has 1 rings (SSSR count). The van der Waals surface area contributed by atoms with Gasteiger partial charge in [-0.3, -0.25) is 4.79 Å². The monoisotopic (exact) mass is 244 g/mol. The summed E-state index contributed by atoms with van der Waals surface area (Å²) >= 11 is 3.16. The zero-order valence-electron chi connectivity index (χ0n) is 8.06. The molecule has 0 aliphatic rings. The zero-order valence-corrected chi connectivity index (χ0v) is 9.64. The van der Waals surface area contributed by atoms with E-state index in [1.165, 1.54) is 0 Å². The van der Waals surface area contributed by atoms with Crippen molar-refractivity contribution in [3.63, 3.8) is 0 Å². The van der Waals surface area contributed by atoms with Crippen LogP contribution in [0.15, 0.2) is 21.2 Å². The van der Waals surface area contributed by atoms with Crippen molar-refractivity contribution >= 4 is 21.7 Å². The van der Waals surface area contributed by atoms with Gasteiger partial charge in [-0.1, -0.05) is 20.8 Å². The van der Waals surface area contributed by atoms with Crippen molar-refractivity contribution in [2.75, 3.05) is 0 Å². The van der Waals surface area contributed by atoms with Crippen LogP contribution in [0.25, 0.3) is 0 Å². The summed E-state index contributed by atoms with van der Waals surface area (Å²) in [6.45, 7) is 6.09. The summed E-state index contributed by atoms with van der Waals surface area (Å²) in [4.78, 5) is 11.6. The van der Waals surface area contributed by atoms with Gasteiger partial charge in [-0.15, -0.1) is 0 Å². The molecule has 0 aromatic carbocycles. The molecule has 3 heteroatoms. The lowest BCUT2D eigenvalue weighted by molar-refractivity contribution is 0.0911. The summed E-state index contributed by atoms with van der Waals surface area (Å²) in [5, 5.41) is 0. The number of hydrogen-bond donors (Lipinski definition) is 0. The summed E-state index contributed by atoms with van der Waals surface area (Å²) in [6.07, 6.45) is 0.507. The van der Waals surface area contributed by atoms with Gasteiger partial charge in [0, 0.05) is 6.42 Å². The van der Waals surface area contributed by atoms with E-state index in [2.05, 4.69) is 15.9 Å². The fourth-order valence-electron chi connectivity index (χ4n) is 1.03. The van der Waals surface area contributed by atoms with E-state index >= 15 is 0 Å². The number of ketones is 1. The number of hydrogen-bond acceptors (Lipinski definition) is 2. The highest BCUT2D eigenvalue weighted by Gasteiger charge is 2.19. The highest BCUT2D eigenvalue weighted by Crippen LogP contribution is 2.23. The fourth-order valence-corrected chi connectivity index (χ4v) is 1.34. The molecule has 0 radical (unpaired) electrons. The topological polar surface area (TPSA) is 30.2 Å². The summed E-state index contributed by atoms with van der Waals surface area (Å²) in [5.74, 6) is 0.486. The molecule has 2 nitrogen and oxygen atoms in total. The molecule has 0 saturated heterocycles. The summed E-state index contributed by atoms with van der Waals surface area (Å²) in [6, 6.07) is 3.42. The molecule has 0 spiro atoms. The van der Waals surface area contributed by atoms with E-state index in [0.29, 0.717) is 16.9 Å². The maximum absolute atomic E-state index is 11.6. The van der Waals surface area contributed by atoms with Crippen LogP contribution in [0.5, 0.6) is 0 Å². The molecule has 13 heavy (non-hydrogen) atoms. The minimum atomic E-state index is 0.0103. The Bertz CT molecular complexity index is 307. The summed E-state index contributed by atoms with van der Waals surface area (Å²) in [5.41, 5.74) is 0.0103. The Kier molecular flexibility index (Phi) is 2.96. The van der Waals surface area contributed by atoms with Crippen LogP contribution in [0.2, 0.25) is 0 Å². The van der Waals surface area contributed by atoms with Crippen LogP contribution in [-0.2, 0) is 0 Å². The molecule has 0 saturated carbocycles. The molecular weight excluding hydrogens is 232 g/mol. The highest BCUT2D eigenvalue weighted by atomic mass is 79.9. The van der Waals surface area contributed by atoms with Gasteiger partial charge in [0.2, 0.25) is 0 Å². The Morgan fingerprint density at radius 3 is 2.46 bits per heavy atom. The zero-order chi connectivity index (χ0) is 10.1. The lowest BCUT2D eigenvalue weighted by Gasteiger charge is -2.15. The van der Waals surface area contributed by atoms with Crippen LogP contribution in [0.4, 0.5) is 0 Å². The molecular formula is C10H13BrO2. The Morgan fingerprint density at radius 1 is 1.46 bits per heavy atom. The first-order valence-electron chi connectivity index (χ1n) is 4.17. The van der Waals surface area contributed by atoms with E-state index in [-0.39, 0.29) is 11.2 Å². The van der Waals surface area contributed by atoms with Crippen LogP contribution >= 0.6 is 15.9 Å². The quantitative estimate of drug-likeness (QED) is 0.744. The lowest BCUT2D eigenvalue weighted by atomic mass is 9.89. The van der Waals surface area contributed by atoms with Crippen molar-refractivity contribution in [2.24, 2.45) is 5.41 Å². The fraction of sp³-hybridized carbons (Fsp3) is 0.500. The van der Waals surface area contributed by atoms with Crippen molar-refractivity contribution in [1.29, 1.82) is 0 Å². The molecule has 0 aliphatic carbocycles. The summed E-state index contributed by atoms with van der Waals surface area (Å²) < 4.78 is 5.76. The maximum atomic E-state index is 11.6. The van der Waals surface area contributed by atoms with Crippen LogP contribution in [0.1, 0.15) is 37.7 Å². The smallest absolute Gasteiger partial charge is 0.198 e. The second-order valence-corrected chi connectivity index (χ2v) is 5.05. The van der Waals surface area contributed by atoms with Crippen LogP contribution in [0.3, 0.4) is 0 Å². The second kappa shape index (κ2) is 3.66. The van der Waals surface area contributed by atoms with Gasteiger partial charge in [-0.25, -0.2) is 0 Å². The van der Waals surface area contributed by atoms with E-state index in [1.54, 1.807) is 12.1 Å². The largest absolute Gasteiger partial charge is 0.446 e. The first kappa shape index (κ1) is 10.5. The van der Waals surface area contributed by atoms with Crippen LogP contribution < -0.4 is 0 Å². The number of carbonyl (C=O) groups excluding carboxylic acids is 1. The number of Topliss-reactive ketones (excluding diaryl/α,β-unsaturated/α-hetero) is 1. The van der Waals surface area contributed by atoms with Crippen molar-refractivity contribution in [3.05, 3.63) is 22.6 Å². The molecule has 0 amide bonds. The van der Waals surface area contributed by atoms with E-state index in [9.17, 15) is 4.79 Å². The molecule has 0 aliphatic heterocycles. The first-order valence-corrected chi connectivity index (χ1v) is 4.96. The third-order valence-electron chi connectivity index (χ3n) is 1.54. The SMILES string of the molecule is CC(C)(C)CC(=O)c1ccc(Br)o1. The molecule has 0 atom stereocenters. The van der Waals surface area contributed by atoms with Crippen molar-refractivity contribution in [1.82, 2.24) is 0 Å². The van der Waals surface area contributed by atoms with Crippen LogP contribution in [-0.4, -0.2) is 5.78 Å². The average molecular weight is 245 g/mol. The third kappa shape index (κ3) is 3.35. The van der Waals surface area contributed by atoms with Gasteiger partial charge >= 0.3 is 0 Å². The van der Waals surface area contributed by atoms with E-state index in [0.717, 1.165) is 0 Å². The number of furan rings is 1. The predicted octanol–water partition coefficient (Wildman–Crippen LogP) is 3.66. The maximum Gasteiger partial charge on any atom is 0.198 e. The number of carbonyl (C=O) groups is 1. The standard InChI is InChI=1S/C10H13BrO2/c1-10(2,3)6-7(12)8-4-5-9(11)13-8/h4-5H,6H2,1-3H3. The van der Waals surface area contributed by atoms with E-state index < -0.39 is 0 Å². The normalized spacial score (nSPS) is 11.7. The molecule has 0 N–H and O–H groups in total. The van der Waals surface area contributed by atoms with Crippen molar-refractivity contribution < 1.29 is 9.21 Å². The minimum absolute atomic E-state index is 0.0103. The first-order chi connectivity index (χ1) is 5.88. The van der Waals surface area contributed by atoms with Gasteiger partial charge < -0.3 is 4.42 Å². The predicted molar refractivity (Wildman–Crippen MR) is 54.8 cm³/mol. The van der Waals surface area contributed by atoms with E-state index in [1.807, 2.05) is 20.8 Å². The Labute approximate surface area is 86.4 Å². The van der Waals surface area contributed by atoms with Gasteiger partial charge in [0.15, 0.2) is 16.2 Å². The van der Waals surface area contributed by atoms with Gasteiger partial charge in [0.1, 0.15) is 0 Å². The second-order valence-electron chi connectivity index (χ2n) is 4.26. The Hall–Kier alpha value is -0.570. The third-order valence-corrected chi connectivity index (χ3v) is 1.97. The van der Waals surface area contributed by atoms with Gasteiger partial charge in [-0.05, 0) is 33.5 Å². The van der Waals surface area contributed by atoms with Gasteiger partial charge in [0.05, 0.1) is 0 Å². The minimum Gasteiger partial charge on any atom is -0.446 e. The molecule has 72 valence electrons. The Balaban J connectivity index is 2.70. The average Bonchev–Trinajstić information content (AvgIpc) is 2.31. The van der Waals surface area contributed by atoms with Gasteiger partial charge in [-0.2, -0.15) is 0 Å². The van der Waals surface area contributed by atoms with Gasteiger partial charge in [0.25, 0.3) is 0 Å². The summed E-state index contributed by atoms with van der Waals surface area (Å²) in [7, 11) is 0. The molecule has 0 unspecified atom stereocenters. The number of rotatable bonds is 2. The molecule has 1 heterocycles. The molecule has 1 aromatic rings. The molecule has 0 fully saturated rings.